The van der Waals surface area contributed by atoms with Crippen molar-refractivity contribution in [1.29, 1.82) is 0 Å². The second kappa shape index (κ2) is 14.0. The van der Waals surface area contributed by atoms with E-state index in [2.05, 4.69) is 13.2 Å². The molecule has 7 nitrogen and oxygen atoms in total. The summed E-state index contributed by atoms with van der Waals surface area (Å²) < 4.78 is 22.6. The monoisotopic (exact) mass is 499 g/mol. The molecule has 2 fully saturated rings. The maximum absolute atomic E-state index is 14.3. The van der Waals surface area contributed by atoms with E-state index in [9.17, 15) is 9.59 Å². The van der Waals surface area contributed by atoms with E-state index < -0.39 is 12.0 Å². The van der Waals surface area contributed by atoms with Crippen molar-refractivity contribution in [1.82, 2.24) is 4.90 Å². The topological polar surface area (TPSA) is 74.3 Å². The van der Waals surface area contributed by atoms with Crippen LogP contribution in [0.3, 0.4) is 0 Å². The van der Waals surface area contributed by atoms with E-state index >= 15 is 0 Å². The lowest BCUT2D eigenvalue weighted by Crippen LogP contribution is -2.51. The first-order chi connectivity index (χ1) is 17.5. The van der Waals surface area contributed by atoms with Gasteiger partial charge in [-0.05, 0) is 62.1 Å². The number of methoxy groups -OCH3 is 2. The first-order valence-electron chi connectivity index (χ1n) is 13.1. The first-order valence-corrected chi connectivity index (χ1v) is 13.1. The van der Waals surface area contributed by atoms with E-state index in [0.29, 0.717) is 43.2 Å². The van der Waals surface area contributed by atoms with E-state index in [1.165, 1.54) is 6.42 Å². The molecule has 0 aromatic heterocycles. The zero-order valence-corrected chi connectivity index (χ0v) is 21.8. The Morgan fingerprint density at radius 2 is 1.67 bits per heavy atom. The summed E-state index contributed by atoms with van der Waals surface area (Å²) in [4.78, 5) is 29.0. The molecule has 1 aromatic rings. The Labute approximate surface area is 215 Å². The predicted octanol–water partition coefficient (Wildman–Crippen LogP) is 5.43. The standard InChI is InChI=1S/C29H41NO6/c1-5-7-18-36-29(32)23-15-11-12-16-30(23)28(31)26(21-13-9-8-10-14-21)22-19-24(33-3)27(35-17-6-2)25(20-22)34-4/h5-6,19-21,23,26H,1-2,7-18H2,3-4H3/t23-,26-/m0/s1. The fourth-order valence-electron chi connectivity index (χ4n) is 5.41. The molecular formula is C29H41NO6. The van der Waals surface area contributed by atoms with Crippen molar-refractivity contribution >= 4 is 11.9 Å². The molecule has 1 aliphatic heterocycles. The summed E-state index contributed by atoms with van der Waals surface area (Å²) >= 11 is 0. The lowest BCUT2D eigenvalue weighted by Gasteiger charge is -2.39. The second-order valence-corrected chi connectivity index (χ2v) is 9.52. The minimum atomic E-state index is -0.554. The van der Waals surface area contributed by atoms with E-state index in [4.69, 9.17) is 18.9 Å². The average Bonchev–Trinajstić information content (AvgIpc) is 2.92. The minimum absolute atomic E-state index is 0.0175. The minimum Gasteiger partial charge on any atom is -0.493 e. The summed E-state index contributed by atoms with van der Waals surface area (Å²) in [6, 6.07) is 3.22. The highest BCUT2D eigenvalue weighted by Crippen LogP contribution is 2.45. The zero-order chi connectivity index (χ0) is 25.9. The molecule has 7 heteroatoms. The smallest absolute Gasteiger partial charge is 0.328 e. The molecule has 1 aliphatic carbocycles. The molecule has 0 spiro atoms. The summed E-state index contributed by atoms with van der Waals surface area (Å²) in [7, 11) is 3.16. The molecule has 198 valence electrons. The van der Waals surface area contributed by atoms with Crippen LogP contribution >= 0.6 is 0 Å². The van der Waals surface area contributed by atoms with Gasteiger partial charge in [0.25, 0.3) is 0 Å². The van der Waals surface area contributed by atoms with Crippen LogP contribution < -0.4 is 14.2 Å². The molecule has 0 N–H and O–H groups in total. The van der Waals surface area contributed by atoms with Crippen molar-refractivity contribution in [2.75, 3.05) is 34.0 Å². The number of rotatable bonds is 12. The van der Waals surface area contributed by atoms with Crippen molar-refractivity contribution in [3.63, 3.8) is 0 Å². The number of carbonyl (C=O) groups excluding carboxylic acids is 2. The van der Waals surface area contributed by atoms with Crippen LogP contribution in [0.15, 0.2) is 37.4 Å². The number of benzene rings is 1. The van der Waals surface area contributed by atoms with Gasteiger partial charge in [0.15, 0.2) is 11.5 Å². The number of carbonyl (C=O) groups is 2. The van der Waals surface area contributed by atoms with Crippen LogP contribution in [-0.2, 0) is 14.3 Å². The van der Waals surface area contributed by atoms with Crippen LogP contribution in [0.4, 0.5) is 0 Å². The molecule has 0 radical (unpaired) electrons. The van der Waals surface area contributed by atoms with Gasteiger partial charge in [-0.2, -0.15) is 0 Å². The second-order valence-electron chi connectivity index (χ2n) is 9.52. The summed E-state index contributed by atoms with van der Waals surface area (Å²) in [5, 5.41) is 0. The fourth-order valence-corrected chi connectivity index (χ4v) is 5.41. The number of likely N-dealkylation sites (tertiary alicyclic amines) is 1. The number of hydrogen-bond donors (Lipinski definition) is 0. The predicted molar refractivity (Wildman–Crippen MR) is 140 cm³/mol. The summed E-state index contributed by atoms with van der Waals surface area (Å²) in [5.74, 6) is 0.952. The largest absolute Gasteiger partial charge is 0.493 e. The number of nitrogens with zero attached hydrogens (tertiary/aromatic N) is 1. The van der Waals surface area contributed by atoms with Crippen molar-refractivity contribution < 1.29 is 28.5 Å². The highest BCUT2D eigenvalue weighted by Gasteiger charge is 2.40. The number of ether oxygens (including phenoxy) is 4. The fraction of sp³-hybridized carbons (Fsp3) is 0.586. The van der Waals surface area contributed by atoms with Gasteiger partial charge in [-0.25, -0.2) is 4.79 Å². The van der Waals surface area contributed by atoms with Gasteiger partial charge in [0.05, 0.1) is 26.7 Å². The van der Waals surface area contributed by atoms with Crippen LogP contribution in [0.2, 0.25) is 0 Å². The molecule has 1 saturated carbocycles. The molecule has 0 unspecified atom stereocenters. The van der Waals surface area contributed by atoms with Gasteiger partial charge in [-0.1, -0.05) is 38.0 Å². The summed E-state index contributed by atoms with van der Waals surface area (Å²) in [6.07, 6.45) is 11.7. The SMILES string of the molecule is C=CCCOC(=O)[C@@H]1CCCCN1C(=O)[C@H](c1cc(OC)c(OCC=C)c(OC)c1)C1CCCCC1. The Morgan fingerprint density at radius 1 is 1.00 bits per heavy atom. The first kappa shape index (κ1) is 27.6. The zero-order valence-electron chi connectivity index (χ0n) is 21.8. The number of piperidine rings is 1. The van der Waals surface area contributed by atoms with Crippen LogP contribution in [0.25, 0.3) is 0 Å². The van der Waals surface area contributed by atoms with Gasteiger partial charge in [-0.15, -0.1) is 6.58 Å². The molecule has 0 bridgehead atoms. The van der Waals surface area contributed by atoms with E-state index in [-0.39, 0.29) is 24.4 Å². The molecular weight excluding hydrogens is 458 g/mol. The van der Waals surface area contributed by atoms with E-state index in [0.717, 1.165) is 44.1 Å². The molecule has 3 rings (SSSR count). The molecule has 36 heavy (non-hydrogen) atoms. The molecule has 1 amide bonds. The third kappa shape index (κ3) is 6.62. The average molecular weight is 500 g/mol. The third-order valence-corrected chi connectivity index (χ3v) is 7.20. The van der Waals surface area contributed by atoms with Crippen LogP contribution in [-0.4, -0.2) is 56.8 Å². The Hall–Kier alpha value is -2.96. The van der Waals surface area contributed by atoms with Crippen LogP contribution in [0, 0.1) is 5.92 Å². The molecule has 2 atom stereocenters. The molecule has 1 saturated heterocycles. The Kier molecular flexibility index (Phi) is 10.7. The summed E-state index contributed by atoms with van der Waals surface area (Å²) in [5.41, 5.74) is 0.830. The van der Waals surface area contributed by atoms with Gasteiger partial charge in [0.1, 0.15) is 12.6 Å². The van der Waals surface area contributed by atoms with E-state index in [1.54, 1.807) is 31.3 Å². The number of hydrogen-bond acceptors (Lipinski definition) is 6. The van der Waals surface area contributed by atoms with E-state index in [1.807, 2.05) is 12.1 Å². The van der Waals surface area contributed by atoms with Gasteiger partial charge < -0.3 is 23.8 Å². The lowest BCUT2D eigenvalue weighted by molar-refractivity contribution is -0.158. The quantitative estimate of drug-likeness (QED) is 0.217. The molecule has 2 aliphatic rings. The lowest BCUT2D eigenvalue weighted by atomic mass is 9.75. The maximum Gasteiger partial charge on any atom is 0.328 e. The number of amides is 1. The van der Waals surface area contributed by atoms with Gasteiger partial charge in [0, 0.05) is 6.54 Å². The van der Waals surface area contributed by atoms with Crippen molar-refractivity contribution in [2.45, 2.75) is 69.7 Å². The Morgan fingerprint density at radius 3 is 2.28 bits per heavy atom. The van der Waals surface area contributed by atoms with Crippen LogP contribution in [0.1, 0.15) is 69.3 Å². The Balaban J connectivity index is 1.98. The van der Waals surface area contributed by atoms with Crippen molar-refractivity contribution in [2.24, 2.45) is 5.92 Å². The molecule has 1 aromatic carbocycles. The highest BCUT2D eigenvalue weighted by molar-refractivity contribution is 5.89. The highest BCUT2D eigenvalue weighted by atomic mass is 16.5. The van der Waals surface area contributed by atoms with Gasteiger partial charge in [0.2, 0.25) is 11.7 Å². The third-order valence-electron chi connectivity index (χ3n) is 7.20. The maximum atomic E-state index is 14.3. The van der Waals surface area contributed by atoms with Gasteiger partial charge >= 0.3 is 5.97 Å². The normalized spacial score (nSPS) is 19.2. The van der Waals surface area contributed by atoms with Gasteiger partial charge in [-0.3, -0.25) is 4.79 Å². The van der Waals surface area contributed by atoms with Crippen molar-refractivity contribution in [3.8, 4) is 17.2 Å². The molecule has 1 heterocycles. The number of esters is 1. The van der Waals surface area contributed by atoms with Crippen LogP contribution in [0.5, 0.6) is 17.2 Å². The summed E-state index contributed by atoms with van der Waals surface area (Å²) in [6.45, 7) is 8.54. The Bertz CT molecular complexity index is 882. The van der Waals surface area contributed by atoms with Crippen molar-refractivity contribution in [3.05, 3.63) is 43.0 Å².